The Labute approximate surface area is 251 Å². The van der Waals surface area contributed by atoms with Crippen molar-refractivity contribution in [2.75, 3.05) is 82.3 Å². The van der Waals surface area contributed by atoms with Gasteiger partial charge < -0.3 is 25.2 Å². The number of benzene rings is 2. The van der Waals surface area contributed by atoms with Crippen LogP contribution in [0.3, 0.4) is 0 Å². The molecule has 2 saturated heterocycles. The minimum atomic E-state index is -0.307. The Balaban J connectivity index is 1.31. The van der Waals surface area contributed by atoms with Crippen molar-refractivity contribution in [3.8, 4) is 5.75 Å². The van der Waals surface area contributed by atoms with E-state index in [1.807, 2.05) is 0 Å². The van der Waals surface area contributed by atoms with Crippen LogP contribution in [-0.2, 0) is 0 Å². The lowest BCUT2D eigenvalue weighted by molar-refractivity contribution is 0.0982. The molecule has 2 aromatic carbocycles. The van der Waals surface area contributed by atoms with Crippen LogP contribution >= 0.6 is 19.5 Å². The maximum absolute atomic E-state index is 6.53. The number of rotatable bonds is 8. The summed E-state index contributed by atoms with van der Waals surface area (Å²) in [5, 5.41) is 8.62. The summed E-state index contributed by atoms with van der Waals surface area (Å²) in [7, 11) is 3.62. The molecule has 2 aliphatic heterocycles. The molecule has 220 valence electrons. The number of nitrogens with zero attached hydrogens (tertiary/aromatic N) is 5. The number of hydrogen-bond acceptors (Lipinski definition) is 8. The SMILES string of the molecule is COc1cc(N2CCC(N3CCN(C)CC3)CC2)c(C)cc1Nc1ncc(Cl)c(Nc2cccc(C)c2P(C)C)n1. The highest BCUT2D eigenvalue weighted by molar-refractivity contribution is 7.64. The van der Waals surface area contributed by atoms with Crippen LogP contribution in [0.1, 0.15) is 24.0 Å². The van der Waals surface area contributed by atoms with Gasteiger partial charge in [0.1, 0.15) is 10.8 Å². The van der Waals surface area contributed by atoms with Crippen molar-refractivity contribution in [2.24, 2.45) is 0 Å². The van der Waals surface area contributed by atoms with Crippen LogP contribution in [0.25, 0.3) is 0 Å². The van der Waals surface area contributed by atoms with Gasteiger partial charge in [0, 0.05) is 68.1 Å². The van der Waals surface area contributed by atoms with Gasteiger partial charge in [-0.2, -0.15) is 4.98 Å². The summed E-state index contributed by atoms with van der Waals surface area (Å²) in [6.45, 7) is 15.6. The summed E-state index contributed by atoms with van der Waals surface area (Å²) < 4.78 is 5.84. The molecule has 1 aromatic heterocycles. The first-order valence-corrected chi connectivity index (χ1v) is 17.0. The van der Waals surface area contributed by atoms with E-state index in [1.165, 1.54) is 61.1 Å². The van der Waals surface area contributed by atoms with Gasteiger partial charge >= 0.3 is 0 Å². The molecule has 3 heterocycles. The lowest BCUT2D eigenvalue weighted by atomic mass is 10.0. The van der Waals surface area contributed by atoms with Gasteiger partial charge in [-0.25, -0.2) is 4.98 Å². The maximum Gasteiger partial charge on any atom is 0.229 e. The van der Waals surface area contributed by atoms with E-state index in [1.54, 1.807) is 13.3 Å². The molecule has 0 bridgehead atoms. The van der Waals surface area contributed by atoms with Crippen molar-refractivity contribution in [3.63, 3.8) is 0 Å². The van der Waals surface area contributed by atoms with Crippen molar-refractivity contribution < 1.29 is 4.74 Å². The third kappa shape index (κ3) is 6.89. The van der Waals surface area contributed by atoms with Crippen LogP contribution in [0.2, 0.25) is 5.02 Å². The zero-order chi connectivity index (χ0) is 29.1. The highest BCUT2D eigenvalue weighted by Gasteiger charge is 2.27. The van der Waals surface area contributed by atoms with E-state index in [9.17, 15) is 0 Å². The molecule has 41 heavy (non-hydrogen) atoms. The van der Waals surface area contributed by atoms with E-state index in [-0.39, 0.29) is 7.92 Å². The molecule has 5 rings (SSSR count). The topological polar surface area (TPSA) is 68.8 Å². The van der Waals surface area contributed by atoms with Gasteiger partial charge in [-0.05, 0) is 70.3 Å². The lowest BCUT2D eigenvalue weighted by Gasteiger charge is -2.43. The highest BCUT2D eigenvalue weighted by atomic mass is 35.5. The third-order valence-electron chi connectivity index (χ3n) is 8.31. The second-order valence-electron chi connectivity index (χ2n) is 11.4. The van der Waals surface area contributed by atoms with Crippen LogP contribution in [0.4, 0.5) is 28.8 Å². The van der Waals surface area contributed by atoms with Crippen LogP contribution < -0.4 is 25.6 Å². The fourth-order valence-electron chi connectivity index (χ4n) is 6.06. The number of piperazine rings is 1. The van der Waals surface area contributed by atoms with Crippen molar-refractivity contribution in [2.45, 2.75) is 32.7 Å². The van der Waals surface area contributed by atoms with E-state index in [2.05, 4.69) is 94.9 Å². The molecule has 3 aromatic rings. The monoisotopic (exact) mass is 595 g/mol. The molecule has 0 radical (unpaired) electrons. The Kier molecular flexibility index (Phi) is 9.55. The van der Waals surface area contributed by atoms with Crippen molar-refractivity contribution in [1.29, 1.82) is 0 Å². The first-order chi connectivity index (χ1) is 19.7. The summed E-state index contributed by atoms with van der Waals surface area (Å²) >= 11 is 6.53. The fraction of sp³-hybridized carbons (Fsp3) is 0.484. The Morgan fingerprint density at radius 3 is 2.37 bits per heavy atom. The maximum atomic E-state index is 6.53. The predicted molar refractivity (Wildman–Crippen MR) is 175 cm³/mol. The number of anilines is 5. The zero-order valence-corrected chi connectivity index (χ0v) is 26.8. The second-order valence-corrected chi connectivity index (χ2v) is 14.0. The Hall–Kier alpha value is -2.64. The Morgan fingerprint density at radius 2 is 1.68 bits per heavy atom. The second kappa shape index (κ2) is 13.1. The van der Waals surface area contributed by atoms with Crippen LogP contribution in [0, 0.1) is 13.8 Å². The predicted octanol–water partition coefficient (Wildman–Crippen LogP) is 5.83. The van der Waals surface area contributed by atoms with E-state index < -0.39 is 0 Å². The summed E-state index contributed by atoms with van der Waals surface area (Å²) in [4.78, 5) is 16.8. The molecule has 0 amide bonds. The zero-order valence-electron chi connectivity index (χ0n) is 25.2. The fourth-order valence-corrected chi connectivity index (χ4v) is 7.59. The van der Waals surface area contributed by atoms with E-state index >= 15 is 0 Å². The third-order valence-corrected chi connectivity index (χ3v) is 10.1. The Bertz CT molecular complexity index is 1350. The standard InChI is InChI=1S/C31H43ClN7OP/c1-21-8-7-9-25(29(21)41(5)6)34-30-24(32)20-33-31(36-30)35-26-18-22(2)27(19-28(26)40-4)39-12-10-23(11-13-39)38-16-14-37(3)15-17-38/h7-9,18-20,23H,10-17H2,1-6H3,(H2,33,34,35,36). The summed E-state index contributed by atoms with van der Waals surface area (Å²) in [6, 6.07) is 11.2. The molecule has 8 nitrogen and oxygen atoms in total. The molecule has 0 saturated carbocycles. The minimum Gasteiger partial charge on any atom is -0.494 e. The van der Waals surface area contributed by atoms with Gasteiger partial charge in [-0.15, -0.1) is 0 Å². The van der Waals surface area contributed by atoms with Crippen LogP contribution in [0.15, 0.2) is 36.5 Å². The van der Waals surface area contributed by atoms with Gasteiger partial charge in [-0.1, -0.05) is 31.7 Å². The number of halogens is 1. The van der Waals surface area contributed by atoms with E-state index in [0.29, 0.717) is 22.8 Å². The molecule has 0 unspecified atom stereocenters. The van der Waals surface area contributed by atoms with Gasteiger partial charge in [0.05, 0.1) is 19.0 Å². The quantitative estimate of drug-likeness (QED) is 0.316. The van der Waals surface area contributed by atoms with Crippen LogP contribution in [-0.4, -0.2) is 92.6 Å². The number of nitrogens with one attached hydrogen (secondary N) is 2. The number of aromatic nitrogens is 2. The molecule has 2 aliphatic rings. The number of piperidine rings is 1. The lowest BCUT2D eigenvalue weighted by Crippen LogP contribution is -2.52. The molecule has 2 fully saturated rings. The van der Waals surface area contributed by atoms with Gasteiger partial charge in [-0.3, -0.25) is 4.90 Å². The smallest absolute Gasteiger partial charge is 0.229 e. The molecule has 0 aliphatic carbocycles. The molecule has 2 N–H and O–H groups in total. The normalized spacial score (nSPS) is 17.2. The minimum absolute atomic E-state index is 0.307. The molecule has 0 atom stereocenters. The Morgan fingerprint density at radius 1 is 0.951 bits per heavy atom. The van der Waals surface area contributed by atoms with Crippen LogP contribution in [0.5, 0.6) is 5.75 Å². The molecule has 10 heteroatoms. The average Bonchev–Trinajstić information content (AvgIpc) is 2.95. The molecule has 0 spiro atoms. The number of likely N-dealkylation sites (N-methyl/N-ethyl adjacent to an activating group) is 1. The number of hydrogen-bond donors (Lipinski definition) is 2. The van der Waals surface area contributed by atoms with Gasteiger partial charge in [0.2, 0.25) is 5.95 Å². The average molecular weight is 596 g/mol. The first-order valence-electron chi connectivity index (χ1n) is 14.4. The van der Waals surface area contributed by atoms with Gasteiger partial charge in [0.15, 0.2) is 5.82 Å². The molecular weight excluding hydrogens is 553 g/mol. The molecular formula is C31H43ClN7OP. The first kappa shape index (κ1) is 29.8. The summed E-state index contributed by atoms with van der Waals surface area (Å²) in [5.74, 6) is 1.80. The largest absolute Gasteiger partial charge is 0.494 e. The van der Waals surface area contributed by atoms with E-state index in [4.69, 9.17) is 21.3 Å². The summed E-state index contributed by atoms with van der Waals surface area (Å²) in [5.41, 5.74) is 5.55. The van der Waals surface area contributed by atoms with E-state index in [0.717, 1.165) is 30.2 Å². The van der Waals surface area contributed by atoms with Gasteiger partial charge in [0.25, 0.3) is 0 Å². The number of aryl methyl sites for hydroxylation is 2. The number of ether oxygens (including phenoxy) is 1. The van der Waals surface area contributed by atoms with Crippen molar-refractivity contribution in [3.05, 3.63) is 52.7 Å². The highest BCUT2D eigenvalue weighted by Crippen LogP contribution is 2.37. The summed E-state index contributed by atoms with van der Waals surface area (Å²) in [6.07, 6.45) is 4.02. The number of methoxy groups -OCH3 is 1. The van der Waals surface area contributed by atoms with Crippen molar-refractivity contribution in [1.82, 2.24) is 19.8 Å². The van der Waals surface area contributed by atoms with Crippen molar-refractivity contribution >= 4 is 53.7 Å².